The third-order valence-corrected chi connectivity index (χ3v) is 9.82. The average molecular weight is 547 g/mol. The Bertz CT molecular complexity index is 2360. The van der Waals surface area contributed by atoms with Gasteiger partial charge in [-0.3, -0.25) is 0 Å². The number of hydrogen-bond acceptors (Lipinski definition) is 0. The van der Waals surface area contributed by atoms with Gasteiger partial charge in [0.1, 0.15) is 0 Å². The summed E-state index contributed by atoms with van der Waals surface area (Å²) in [7, 11) is 0. The Kier molecular flexibility index (Phi) is 5.05. The molecule has 0 nitrogen and oxygen atoms in total. The van der Waals surface area contributed by atoms with Gasteiger partial charge in [-0.2, -0.15) is 0 Å². The summed E-state index contributed by atoms with van der Waals surface area (Å²) < 4.78 is 0. The Labute approximate surface area is 251 Å². The third-order valence-electron chi connectivity index (χ3n) is 9.82. The normalized spacial score (nSPS) is 13.5. The van der Waals surface area contributed by atoms with Crippen molar-refractivity contribution >= 4 is 43.1 Å². The number of rotatable bonds is 2. The van der Waals surface area contributed by atoms with Crippen molar-refractivity contribution in [3.63, 3.8) is 0 Å². The summed E-state index contributed by atoms with van der Waals surface area (Å²) in [4.78, 5) is 0. The molecule has 8 aromatic carbocycles. The molecule has 43 heavy (non-hydrogen) atoms. The predicted molar refractivity (Wildman–Crippen MR) is 185 cm³/mol. The summed E-state index contributed by atoms with van der Waals surface area (Å²) in [5.74, 6) is 0. The molecule has 0 bridgehead atoms. The van der Waals surface area contributed by atoms with Crippen LogP contribution in [0.4, 0.5) is 0 Å². The highest BCUT2D eigenvalue weighted by Crippen LogP contribution is 2.52. The minimum absolute atomic E-state index is 0.0460. The highest BCUT2D eigenvalue weighted by Gasteiger charge is 2.36. The molecule has 8 aromatic rings. The standard InChI is InChI=1S/C43H30/c1-43(2)39-23-22-30(25-37(39)38-24-28-13-3-4-14-29(28)26-40(38)43)41-33-17-7-9-19-35(33)42(36-20-10-8-18-34(36)41)32-21-11-15-27-12-5-6-16-31(27)32/h3-26H,1-2H3. The molecule has 0 heteroatoms. The van der Waals surface area contributed by atoms with Crippen LogP contribution in [-0.2, 0) is 5.41 Å². The van der Waals surface area contributed by atoms with Gasteiger partial charge in [0.15, 0.2) is 0 Å². The lowest BCUT2D eigenvalue weighted by molar-refractivity contribution is 0.661. The first kappa shape index (κ1) is 24.4. The molecule has 0 aromatic heterocycles. The van der Waals surface area contributed by atoms with Gasteiger partial charge in [0.25, 0.3) is 0 Å². The first-order valence-corrected chi connectivity index (χ1v) is 15.2. The van der Waals surface area contributed by atoms with E-state index in [4.69, 9.17) is 0 Å². The fourth-order valence-electron chi connectivity index (χ4n) is 7.77. The van der Waals surface area contributed by atoms with Gasteiger partial charge in [0, 0.05) is 5.41 Å². The lowest BCUT2D eigenvalue weighted by Crippen LogP contribution is -2.14. The molecular formula is C43H30. The van der Waals surface area contributed by atoms with E-state index >= 15 is 0 Å². The molecule has 0 saturated carbocycles. The van der Waals surface area contributed by atoms with E-state index in [9.17, 15) is 0 Å². The van der Waals surface area contributed by atoms with E-state index in [2.05, 4.69) is 159 Å². The van der Waals surface area contributed by atoms with Crippen molar-refractivity contribution in [3.8, 4) is 33.4 Å². The first-order valence-electron chi connectivity index (χ1n) is 15.2. The second kappa shape index (κ2) is 8.90. The summed E-state index contributed by atoms with van der Waals surface area (Å²) in [6.45, 7) is 4.74. The third kappa shape index (κ3) is 3.44. The van der Waals surface area contributed by atoms with Crippen LogP contribution in [0.15, 0.2) is 146 Å². The molecular weight excluding hydrogens is 516 g/mol. The quantitative estimate of drug-likeness (QED) is 0.189. The summed E-state index contributed by atoms with van der Waals surface area (Å²) >= 11 is 0. The zero-order chi connectivity index (χ0) is 28.7. The smallest absolute Gasteiger partial charge is 0.0159 e. The zero-order valence-electron chi connectivity index (χ0n) is 24.4. The van der Waals surface area contributed by atoms with Crippen LogP contribution in [0.2, 0.25) is 0 Å². The van der Waals surface area contributed by atoms with Crippen LogP contribution < -0.4 is 0 Å². The monoisotopic (exact) mass is 546 g/mol. The van der Waals surface area contributed by atoms with E-state index in [0.29, 0.717) is 0 Å². The lowest BCUT2D eigenvalue weighted by Gasteiger charge is -2.22. The van der Waals surface area contributed by atoms with Crippen molar-refractivity contribution in [1.82, 2.24) is 0 Å². The molecule has 0 atom stereocenters. The molecule has 0 heterocycles. The zero-order valence-corrected chi connectivity index (χ0v) is 24.4. The van der Waals surface area contributed by atoms with Gasteiger partial charge in [0.05, 0.1) is 0 Å². The SMILES string of the molecule is CC1(C)c2ccc(-c3c4ccccc4c(-c4cccc5ccccc45)c4ccccc34)cc2-c2cc3ccccc3cc21. The Hall–Kier alpha value is -5.20. The fraction of sp³-hybridized carbons (Fsp3) is 0.0698. The Balaban J connectivity index is 1.36. The molecule has 0 fully saturated rings. The predicted octanol–water partition coefficient (Wildman–Crippen LogP) is 11.9. The van der Waals surface area contributed by atoms with Crippen LogP contribution in [0.5, 0.6) is 0 Å². The molecule has 1 aliphatic rings. The van der Waals surface area contributed by atoms with Gasteiger partial charge in [-0.05, 0) is 106 Å². The minimum atomic E-state index is -0.0460. The highest BCUT2D eigenvalue weighted by atomic mass is 14.4. The second-order valence-corrected chi connectivity index (χ2v) is 12.5. The maximum atomic E-state index is 2.46. The second-order valence-electron chi connectivity index (χ2n) is 12.5. The van der Waals surface area contributed by atoms with Crippen LogP contribution >= 0.6 is 0 Å². The molecule has 0 radical (unpaired) electrons. The number of hydrogen-bond donors (Lipinski definition) is 0. The molecule has 0 amide bonds. The Morgan fingerprint density at radius 2 is 0.860 bits per heavy atom. The van der Waals surface area contributed by atoms with Crippen LogP contribution in [0.25, 0.3) is 76.5 Å². The molecule has 1 aliphatic carbocycles. The van der Waals surface area contributed by atoms with Crippen LogP contribution in [0, 0.1) is 0 Å². The van der Waals surface area contributed by atoms with Crippen molar-refractivity contribution in [1.29, 1.82) is 0 Å². The minimum Gasteiger partial charge on any atom is -0.0616 e. The summed E-state index contributed by atoms with van der Waals surface area (Å²) in [5, 5.41) is 10.3. The Morgan fingerprint density at radius 3 is 1.53 bits per heavy atom. The first-order chi connectivity index (χ1) is 21.1. The number of benzene rings is 8. The van der Waals surface area contributed by atoms with Gasteiger partial charge in [-0.15, -0.1) is 0 Å². The van der Waals surface area contributed by atoms with Gasteiger partial charge < -0.3 is 0 Å². The van der Waals surface area contributed by atoms with Crippen LogP contribution in [-0.4, -0.2) is 0 Å². The number of fused-ring (bicyclic) bond motifs is 7. The van der Waals surface area contributed by atoms with E-state index in [1.54, 1.807) is 0 Å². The van der Waals surface area contributed by atoms with E-state index in [0.717, 1.165) is 0 Å². The molecule has 0 N–H and O–H groups in total. The van der Waals surface area contributed by atoms with Crippen molar-refractivity contribution in [2.45, 2.75) is 19.3 Å². The molecule has 0 spiro atoms. The van der Waals surface area contributed by atoms with Crippen molar-refractivity contribution in [2.75, 3.05) is 0 Å². The van der Waals surface area contributed by atoms with Gasteiger partial charge in [-0.1, -0.05) is 141 Å². The van der Waals surface area contributed by atoms with Crippen LogP contribution in [0.1, 0.15) is 25.0 Å². The van der Waals surface area contributed by atoms with E-state index in [1.807, 2.05) is 0 Å². The van der Waals surface area contributed by atoms with Crippen molar-refractivity contribution < 1.29 is 0 Å². The van der Waals surface area contributed by atoms with Crippen LogP contribution in [0.3, 0.4) is 0 Å². The lowest BCUT2D eigenvalue weighted by atomic mass is 9.81. The highest BCUT2D eigenvalue weighted by molar-refractivity contribution is 6.23. The van der Waals surface area contributed by atoms with E-state index in [-0.39, 0.29) is 5.41 Å². The summed E-state index contributed by atoms with van der Waals surface area (Å²) in [6, 6.07) is 54.2. The molecule has 202 valence electrons. The Morgan fingerprint density at radius 1 is 0.349 bits per heavy atom. The van der Waals surface area contributed by atoms with Gasteiger partial charge in [-0.25, -0.2) is 0 Å². The topological polar surface area (TPSA) is 0 Å². The van der Waals surface area contributed by atoms with E-state index < -0.39 is 0 Å². The fourth-order valence-corrected chi connectivity index (χ4v) is 7.77. The van der Waals surface area contributed by atoms with Gasteiger partial charge in [0.2, 0.25) is 0 Å². The molecule has 9 rings (SSSR count). The van der Waals surface area contributed by atoms with Gasteiger partial charge >= 0.3 is 0 Å². The summed E-state index contributed by atoms with van der Waals surface area (Å²) in [6.07, 6.45) is 0. The maximum absolute atomic E-state index is 2.46. The molecule has 0 aliphatic heterocycles. The van der Waals surface area contributed by atoms with Crippen molar-refractivity contribution in [2.24, 2.45) is 0 Å². The van der Waals surface area contributed by atoms with Crippen molar-refractivity contribution in [3.05, 3.63) is 157 Å². The average Bonchev–Trinajstić information content (AvgIpc) is 3.27. The molecule has 0 unspecified atom stereocenters. The maximum Gasteiger partial charge on any atom is 0.0159 e. The van der Waals surface area contributed by atoms with E-state index in [1.165, 1.54) is 87.6 Å². The largest absolute Gasteiger partial charge is 0.0616 e. The molecule has 0 saturated heterocycles. The summed E-state index contributed by atoms with van der Waals surface area (Å²) in [5.41, 5.74) is 10.7.